The number of carbonyl (C=O) groups is 3. The first-order chi connectivity index (χ1) is 13.6. The SMILES string of the molecule is CC(C)(C)Cc1cc(CC(C=O)CCc2ccc(C(=O)O)cc2)ccc1C(=O)O. The highest BCUT2D eigenvalue weighted by molar-refractivity contribution is 5.89. The number of carboxylic acids is 2. The highest BCUT2D eigenvalue weighted by atomic mass is 16.4. The van der Waals surface area contributed by atoms with Crippen LogP contribution in [-0.4, -0.2) is 28.4 Å². The summed E-state index contributed by atoms with van der Waals surface area (Å²) in [6.45, 7) is 6.19. The molecule has 5 heteroatoms. The molecule has 1 unspecified atom stereocenters. The standard InChI is InChI=1S/C24H28O5/c1-24(2,3)14-20-13-17(8-11-21(20)23(28)29)12-18(15-25)5-4-16-6-9-19(10-7-16)22(26)27/h6-11,13,15,18H,4-5,12,14H2,1-3H3,(H,26,27)(H,28,29). The molecule has 5 nitrogen and oxygen atoms in total. The van der Waals surface area contributed by atoms with Crippen LogP contribution < -0.4 is 0 Å². The quantitative estimate of drug-likeness (QED) is 0.601. The van der Waals surface area contributed by atoms with Crippen molar-refractivity contribution >= 4 is 18.2 Å². The second-order valence-corrected chi connectivity index (χ2v) is 8.68. The van der Waals surface area contributed by atoms with Crippen LogP contribution in [0.4, 0.5) is 0 Å². The molecule has 2 N–H and O–H groups in total. The van der Waals surface area contributed by atoms with Gasteiger partial charge in [-0.05, 0) is 66.0 Å². The average molecular weight is 396 g/mol. The second-order valence-electron chi connectivity index (χ2n) is 8.68. The fraction of sp³-hybridized carbons (Fsp3) is 0.375. The van der Waals surface area contributed by atoms with Crippen molar-refractivity contribution in [1.29, 1.82) is 0 Å². The van der Waals surface area contributed by atoms with Gasteiger partial charge in [0, 0.05) is 5.92 Å². The minimum atomic E-state index is -0.960. The Morgan fingerprint density at radius 3 is 2.10 bits per heavy atom. The summed E-state index contributed by atoms with van der Waals surface area (Å²) in [5.41, 5.74) is 3.23. The summed E-state index contributed by atoms with van der Waals surface area (Å²) < 4.78 is 0. The van der Waals surface area contributed by atoms with Gasteiger partial charge in [0.2, 0.25) is 0 Å². The van der Waals surface area contributed by atoms with Gasteiger partial charge in [0.05, 0.1) is 11.1 Å². The van der Waals surface area contributed by atoms with E-state index in [-0.39, 0.29) is 16.9 Å². The zero-order valence-electron chi connectivity index (χ0n) is 17.1. The van der Waals surface area contributed by atoms with E-state index in [9.17, 15) is 19.5 Å². The normalized spacial score (nSPS) is 12.4. The topological polar surface area (TPSA) is 91.7 Å². The maximum Gasteiger partial charge on any atom is 0.335 e. The van der Waals surface area contributed by atoms with Crippen LogP contribution in [0, 0.1) is 11.3 Å². The van der Waals surface area contributed by atoms with Crippen LogP contribution in [-0.2, 0) is 24.1 Å². The number of aryl methyl sites for hydroxylation is 1. The van der Waals surface area contributed by atoms with Crippen molar-refractivity contribution in [2.45, 2.75) is 46.5 Å². The van der Waals surface area contributed by atoms with Gasteiger partial charge >= 0.3 is 11.9 Å². The molecular formula is C24H28O5. The molecule has 0 aliphatic heterocycles. The largest absolute Gasteiger partial charge is 0.478 e. The fourth-order valence-corrected chi connectivity index (χ4v) is 3.39. The van der Waals surface area contributed by atoms with E-state index in [1.54, 1.807) is 36.4 Å². The lowest BCUT2D eigenvalue weighted by Crippen LogP contribution is -2.14. The van der Waals surface area contributed by atoms with E-state index in [1.165, 1.54) is 0 Å². The van der Waals surface area contributed by atoms with Crippen molar-refractivity contribution in [3.8, 4) is 0 Å². The molecule has 0 aliphatic carbocycles. The number of carbonyl (C=O) groups excluding carboxylic acids is 1. The predicted octanol–water partition coefficient (Wildman–Crippen LogP) is 4.66. The zero-order valence-corrected chi connectivity index (χ0v) is 17.1. The number of aromatic carboxylic acids is 2. The molecule has 0 spiro atoms. The summed E-state index contributed by atoms with van der Waals surface area (Å²) in [4.78, 5) is 34.0. The van der Waals surface area contributed by atoms with E-state index >= 15 is 0 Å². The molecule has 0 heterocycles. The Balaban J connectivity index is 2.09. The Kier molecular flexibility index (Phi) is 7.32. The van der Waals surface area contributed by atoms with E-state index in [0.717, 1.165) is 23.0 Å². The first kappa shape index (κ1) is 22.3. The predicted molar refractivity (Wildman–Crippen MR) is 112 cm³/mol. The molecule has 0 fully saturated rings. The van der Waals surface area contributed by atoms with E-state index in [1.807, 2.05) is 6.07 Å². The van der Waals surface area contributed by atoms with E-state index < -0.39 is 11.9 Å². The minimum absolute atomic E-state index is 0.0466. The molecule has 0 saturated carbocycles. The van der Waals surface area contributed by atoms with Gasteiger partial charge in [-0.25, -0.2) is 9.59 Å². The van der Waals surface area contributed by atoms with Crippen molar-refractivity contribution in [2.75, 3.05) is 0 Å². The van der Waals surface area contributed by atoms with E-state index in [0.29, 0.717) is 31.2 Å². The lowest BCUT2D eigenvalue weighted by molar-refractivity contribution is -0.111. The number of aldehydes is 1. The van der Waals surface area contributed by atoms with Crippen LogP contribution in [0.2, 0.25) is 0 Å². The number of carboxylic acid groups (broad SMARTS) is 2. The van der Waals surface area contributed by atoms with Crippen molar-refractivity contribution < 1.29 is 24.6 Å². The molecule has 2 rings (SSSR count). The van der Waals surface area contributed by atoms with Crippen LogP contribution in [0.25, 0.3) is 0 Å². The van der Waals surface area contributed by atoms with Gasteiger partial charge in [0.15, 0.2) is 0 Å². The third-order valence-electron chi connectivity index (χ3n) is 4.82. The summed E-state index contributed by atoms with van der Waals surface area (Å²) in [5.74, 6) is -2.09. The van der Waals surface area contributed by atoms with Gasteiger partial charge in [0.1, 0.15) is 6.29 Å². The summed E-state index contributed by atoms with van der Waals surface area (Å²) in [5, 5.41) is 18.4. The van der Waals surface area contributed by atoms with Gasteiger partial charge in [-0.15, -0.1) is 0 Å². The summed E-state index contributed by atoms with van der Waals surface area (Å²) >= 11 is 0. The van der Waals surface area contributed by atoms with Gasteiger partial charge in [0.25, 0.3) is 0 Å². The smallest absolute Gasteiger partial charge is 0.335 e. The van der Waals surface area contributed by atoms with Crippen molar-refractivity contribution in [3.05, 3.63) is 70.3 Å². The first-order valence-electron chi connectivity index (χ1n) is 9.71. The third kappa shape index (κ3) is 6.86. The van der Waals surface area contributed by atoms with Crippen LogP contribution >= 0.6 is 0 Å². The minimum Gasteiger partial charge on any atom is -0.478 e. The second kappa shape index (κ2) is 9.50. The van der Waals surface area contributed by atoms with Gasteiger partial charge < -0.3 is 15.0 Å². The summed E-state index contributed by atoms with van der Waals surface area (Å²) in [6, 6.07) is 12.0. The number of hydrogen-bond donors (Lipinski definition) is 2. The van der Waals surface area contributed by atoms with Gasteiger partial charge in [-0.3, -0.25) is 0 Å². The van der Waals surface area contributed by atoms with Crippen LogP contribution in [0.5, 0.6) is 0 Å². The molecule has 0 radical (unpaired) electrons. The maximum atomic E-state index is 11.6. The molecule has 2 aromatic carbocycles. The Labute approximate surface area is 171 Å². The summed E-state index contributed by atoms with van der Waals surface area (Å²) in [7, 11) is 0. The molecule has 154 valence electrons. The average Bonchev–Trinajstić information content (AvgIpc) is 2.64. The lowest BCUT2D eigenvalue weighted by atomic mass is 9.84. The van der Waals surface area contributed by atoms with Crippen molar-refractivity contribution in [2.24, 2.45) is 11.3 Å². The molecule has 2 aromatic rings. The van der Waals surface area contributed by atoms with Gasteiger partial charge in [-0.2, -0.15) is 0 Å². The van der Waals surface area contributed by atoms with E-state index in [4.69, 9.17) is 5.11 Å². The zero-order chi connectivity index (χ0) is 21.6. The molecular weight excluding hydrogens is 368 g/mol. The number of benzene rings is 2. The maximum absolute atomic E-state index is 11.6. The highest BCUT2D eigenvalue weighted by Gasteiger charge is 2.19. The Morgan fingerprint density at radius 1 is 0.966 bits per heavy atom. The molecule has 29 heavy (non-hydrogen) atoms. The summed E-state index contributed by atoms with van der Waals surface area (Å²) in [6.07, 6.45) is 3.45. The van der Waals surface area contributed by atoms with Crippen molar-refractivity contribution in [3.63, 3.8) is 0 Å². The molecule has 0 aromatic heterocycles. The fourth-order valence-electron chi connectivity index (χ4n) is 3.39. The lowest BCUT2D eigenvalue weighted by Gasteiger charge is -2.20. The first-order valence-corrected chi connectivity index (χ1v) is 9.71. The molecule has 1 atom stereocenters. The number of rotatable bonds is 9. The Hall–Kier alpha value is -2.95. The van der Waals surface area contributed by atoms with Crippen molar-refractivity contribution in [1.82, 2.24) is 0 Å². The van der Waals surface area contributed by atoms with Crippen LogP contribution in [0.1, 0.15) is 64.6 Å². The van der Waals surface area contributed by atoms with Crippen LogP contribution in [0.15, 0.2) is 42.5 Å². The monoisotopic (exact) mass is 396 g/mol. The Bertz CT molecular complexity index is 875. The molecule has 0 aliphatic rings. The number of hydrogen-bond acceptors (Lipinski definition) is 3. The van der Waals surface area contributed by atoms with Gasteiger partial charge in [-0.1, -0.05) is 45.0 Å². The third-order valence-corrected chi connectivity index (χ3v) is 4.82. The van der Waals surface area contributed by atoms with Crippen LogP contribution in [0.3, 0.4) is 0 Å². The highest BCUT2D eigenvalue weighted by Crippen LogP contribution is 2.25. The molecule has 0 bridgehead atoms. The molecule has 0 saturated heterocycles. The molecule has 0 amide bonds. The van der Waals surface area contributed by atoms with E-state index in [2.05, 4.69) is 20.8 Å². The Morgan fingerprint density at radius 2 is 1.59 bits per heavy atom.